The second-order valence-corrected chi connectivity index (χ2v) is 4.58. The molecule has 0 radical (unpaired) electrons. The van der Waals surface area contributed by atoms with E-state index in [1.807, 2.05) is 0 Å². The minimum Gasteiger partial charge on any atom is -0.468 e. The summed E-state index contributed by atoms with van der Waals surface area (Å²) < 4.78 is 30.7. The molecule has 0 unspecified atom stereocenters. The summed E-state index contributed by atoms with van der Waals surface area (Å²) in [6.45, 7) is 4.23. The number of benzene rings is 1. The third-order valence-corrected chi connectivity index (χ3v) is 2.81. The average Bonchev–Trinajstić information content (AvgIpc) is 2.27. The van der Waals surface area contributed by atoms with E-state index >= 15 is 0 Å². The summed E-state index contributed by atoms with van der Waals surface area (Å²) in [6.07, 6.45) is 0. The van der Waals surface area contributed by atoms with Gasteiger partial charge in [0.25, 0.3) is 5.92 Å². The second-order valence-electron chi connectivity index (χ2n) is 4.58. The monoisotopic (exact) mass is 242 g/mol. The Morgan fingerprint density at radius 1 is 1.06 bits per heavy atom. The smallest absolute Gasteiger partial charge is 0.315 e. The van der Waals surface area contributed by atoms with Crippen molar-refractivity contribution in [2.24, 2.45) is 0 Å². The van der Waals surface area contributed by atoms with Crippen molar-refractivity contribution in [3.63, 3.8) is 0 Å². The van der Waals surface area contributed by atoms with Crippen LogP contribution in [0.4, 0.5) is 8.78 Å². The second kappa shape index (κ2) is 4.43. The van der Waals surface area contributed by atoms with Gasteiger partial charge in [0.2, 0.25) is 0 Å². The summed E-state index contributed by atoms with van der Waals surface area (Å²) in [5.74, 6) is -3.26. The van der Waals surface area contributed by atoms with Gasteiger partial charge in [0, 0.05) is 12.5 Å². The summed E-state index contributed by atoms with van der Waals surface area (Å²) >= 11 is 0. The Labute approximate surface area is 99.6 Å². The topological polar surface area (TPSA) is 26.3 Å². The van der Waals surface area contributed by atoms with E-state index in [4.69, 9.17) is 0 Å². The molecule has 0 atom stereocenters. The molecule has 0 aromatic heterocycles. The van der Waals surface area contributed by atoms with Gasteiger partial charge in [-0.1, -0.05) is 24.3 Å². The van der Waals surface area contributed by atoms with Gasteiger partial charge in [-0.05, 0) is 19.4 Å². The highest BCUT2D eigenvalue weighted by Gasteiger charge is 2.32. The zero-order valence-corrected chi connectivity index (χ0v) is 10.4. The Morgan fingerprint density at radius 2 is 1.47 bits per heavy atom. The van der Waals surface area contributed by atoms with Gasteiger partial charge in [-0.15, -0.1) is 0 Å². The quantitative estimate of drug-likeness (QED) is 0.760. The highest BCUT2D eigenvalue weighted by Crippen LogP contribution is 2.30. The zero-order chi connectivity index (χ0) is 13.3. The van der Waals surface area contributed by atoms with Crippen LogP contribution in [0.5, 0.6) is 0 Å². The number of rotatable bonds is 3. The maximum atomic E-state index is 13.0. The fraction of sp³-hybridized carbons (Fsp3) is 0.462. The van der Waals surface area contributed by atoms with E-state index in [1.54, 1.807) is 13.8 Å². The first-order valence-corrected chi connectivity index (χ1v) is 5.27. The molecular weight excluding hydrogens is 226 g/mol. The van der Waals surface area contributed by atoms with Crippen molar-refractivity contribution in [3.8, 4) is 0 Å². The lowest BCUT2D eigenvalue weighted by molar-refractivity contribution is -0.146. The molecule has 0 spiro atoms. The molecule has 0 bridgehead atoms. The SMILES string of the molecule is COC(=O)C(C)(C)c1ccc(C(C)(F)F)cc1. The number of hydrogen-bond acceptors (Lipinski definition) is 2. The lowest BCUT2D eigenvalue weighted by Crippen LogP contribution is -2.30. The Kier molecular flexibility index (Phi) is 3.55. The third-order valence-electron chi connectivity index (χ3n) is 2.81. The summed E-state index contributed by atoms with van der Waals surface area (Å²) in [7, 11) is 1.30. The van der Waals surface area contributed by atoms with Gasteiger partial charge in [0.15, 0.2) is 0 Å². The largest absolute Gasteiger partial charge is 0.468 e. The van der Waals surface area contributed by atoms with E-state index in [0.717, 1.165) is 6.92 Å². The van der Waals surface area contributed by atoms with Gasteiger partial charge in [-0.3, -0.25) is 4.79 Å². The number of esters is 1. The molecule has 94 valence electrons. The number of hydrogen-bond donors (Lipinski definition) is 0. The maximum absolute atomic E-state index is 13.0. The summed E-state index contributed by atoms with van der Waals surface area (Å²) in [5, 5.41) is 0. The molecule has 0 heterocycles. The molecule has 0 N–H and O–H groups in total. The van der Waals surface area contributed by atoms with Crippen LogP contribution in [0.2, 0.25) is 0 Å². The van der Waals surface area contributed by atoms with Crippen LogP contribution in [0.1, 0.15) is 31.9 Å². The van der Waals surface area contributed by atoms with E-state index in [-0.39, 0.29) is 5.56 Å². The van der Waals surface area contributed by atoms with Crippen LogP contribution in [0.15, 0.2) is 24.3 Å². The Bertz CT molecular complexity index is 402. The van der Waals surface area contributed by atoms with Crippen LogP contribution in [0, 0.1) is 0 Å². The molecule has 1 aromatic carbocycles. The standard InChI is InChI=1S/C13H16F2O2/c1-12(2,11(16)17-4)9-5-7-10(8-6-9)13(3,14)15/h5-8H,1-4H3. The average molecular weight is 242 g/mol. The van der Waals surface area contributed by atoms with Crippen molar-refractivity contribution in [1.82, 2.24) is 0 Å². The van der Waals surface area contributed by atoms with Crippen LogP contribution in [-0.2, 0) is 20.9 Å². The molecule has 1 rings (SSSR count). The number of alkyl halides is 2. The molecule has 0 aliphatic carbocycles. The number of ether oxygens (including phenoxy) is 1. The van der Waals surface area contributed by atoms with Crippen molar-refractivity contribution in [1.29, 1.82) is 0 Å². The number of methoxy groups -OCH3 is 1. The van der Waals surface area contributed by atoms with Gasteiger partial charge in [0.1, 0.15) is 0 Å². The van der Waals surface area contributed by atoms with Crippen LogP contribution in [0.25, 0.3) is 0 Å². The lowest BCUT2D eigenvalue weighted by Gasteiger charge is -2.22. The zero-order valence-electron chi connectivity index (χ0n) is 10.4. The first-order valence-electron chi connectivity index (χ1n) is 5.27. The predicted molar refractivity (Wildman–Crippen MR) is 61.1 cm³/mol. The minimum absolute atomic E-state index is 0.0677. The Balaban J connectivity index is 3.07. The van der Waals surface area contributed by atoms with Gasteiger partial charge >= 0.3 is 5.97 Å². The van der Waals surface area contributed by atoms with Crippen LogP contribution in [0.3, 0.4) is 0 Å². The molecule has 0 amide bonds. The van der Waals surface area contributed by atoms with Gasteiger partial charge in [-0.2, -0.15) is 0 Å². The van der Waals surface area contributed by atoms with Crippen molar-refractivity contribution >= 4 is 5.97 Å². The molecule has 0 saturated carbocycles. The predicted octanol–water partition coefficient (Wildman–Crippen LogP) is 3.25. The van der Waals surface area contributed by atoms with E-state index in [2.05, 4.69) is 4.74 Å². The Hall–Kier alpha value is -1.45. The van der Waals surface area contributed by atoms with Crippen molar-refractivity contribution in [2.75, 3.05) is 7.11 Å². The minimum atomic E-state index is -2.87. The fourth-order valence-electron chi connectivity index (χ4n) is 1.55. The van der Waals surface area contributed by atoms with Gasteiger partial charge in [0.05, 0.1) is 12.5 Å². The van der Waals surface area contributed by atoms with Gasteiger partial charge in [-0.25, -0.2) is 8.78 Å². The third kappa shape index (κ3) is 2.81. The fourth-order valence-corrected chi connectivity index (χ4v) is 1.55. The molecule has 0 saturated heterocycles. The Morgan fingerprint density at radius 3 is 1.82 bits per heavy atom. The normalized spacial score (nSPS) is 12.4. The molecule has 4 heteroatoms. The van der Waals surface area contributed by atoms with Crippen LogP contribution >= 0.6 is 0 Å². The lowest BCUT2D eigenvalue weighted by atomic mass is 9.84. The molecule has 1 aromatic rings. The van der Waals surface area contributed by atoms with E-state index in [1.165, 1.54) is 31.4 Å². The number of halogens is 2. The summed E-state index contributed by atoms with van der Waals surface area (Å²) in [6, 6.07) is 5.73. The highest BCUT2D eigenvalue weighted by atomic mass is 19.3. The summed E-state index contributed by atoms with van der Waals surface area (Å²) in [4.78, 5) is 11.5. The maximum Gasteiger partial charge on any atom is 0.315 e. The first-order chi connectivity index (χ1) is 7.69. The van der Waals surface area contributed by atoms with Crippen molar-refractivity contribution < 1.29 is 18.3 Å². The highest BCUT2D eigenvalue weighted by molar-refractivity contribution is 5.82. The molecule has 0 fully saturated rings. The van der Waals surface area contributed by atoms with Crippen LogP contribution in [-0.4, -0.2) is 13.1 Å². The van der Waals surface area contributed by atoms with Crippen LogP contribution < -0.4 is 0 Å². The van der Waals surface area contributed by atoms with Crippen molar-refractivity contribution in [2.45, 2.75) is 32.1 Å². The van der Waals surface area contributed by atoms with Crippen molar-refractivity contribution in [3.05, 3.63) is 35.4 Å². The summed E-state index contributed by atoms with van der Waals surface area (Å²) in [5.41, 5.74) is -0.254. The first kappa shape index (κ1) is 13.6. The van der Waals surface area contributed by atoms with Gasteiger partial charge < -0.3 is 4.74 Å². The molecule has 0 aliphatic rings. The molecule has 17 heavy (non-hydrogen) atoms. The van der Waals surface area contributed by atoms with E-state index in [9.17, 15) is 13.6 Å². The molecule has 0 aliphatic heterocycles. The van der Waals surface area contributed by atoms with E-state index in [0.29, 0.717) is 5.56 Å². The molecule has 2 nitrogen and oxygen atoms in total. The number of carbonyl (C=O) groups excluding carboxylic acids is 1. The van der Waals surface area contributed by atoms with E-state index < -0.39 is 17.3 Å². The molecular formula is C13H16F2O2. The number of carbonyl (C=O) groups is 1.